The van der Waals surface area contributed by atoms with Crippen LogP contribution in [0, 0.1) is 0 Å². The Kier molecular flexibility index (Phi) is 6.55. The Morgan fingerprint density at radius 2 is 1.57 bits per heavy atom. The highest BCUT2D eigenvalue weighted by atomic mass is 16.5. The number of carbonyl (C=O) groups is 2. The summed E-state index contributed by atoms with van der Waals surface area (Å²) in [6.45, 7) is 1.87. The van der Waals surface area contributed by atoms with E-state index in [1.165, 1.54) is 0 Å². The Morgan fingerprint density at radius 1 is 0.914 bits per heavy atom. The van der Waals surface area contributed by atoms with Crippen molar-refractivity contribution in [2.45, 2.75) is 30.9 Å². The summed E-state index contributed by atoms with van der Waals surface area (Å²) in [4.78, 5) is 27.8. The van der Waals surface area contributed by atoms with Crippen LogP contribution in [0.15, 0.2) is 78.9 Å². The summed E-state index contributed by atoms with van der Waals surface area (Å²) in [7, 11) is 2.13. The Hall–Kier alpha value is -3.64. The second-order valence-corrected chi connectivity index (χ2v) is 9.58. The number of carbonyl (C=O) groups excluding carboxylic acids is 2. The number of fused-ring (bicyclic) bond motifs is 1. The fourth-order valence-corrected chi connectivity index (χ4v) is 5.03. The zero-order valence-corrected chi connectivity index (χ0v) is 20.0. The smallest absolute Gasteiger partial charge is 0.251 e. The van der Waals surface area contributed by atoms with Gasteiger partial charge < -0.3 is 20.3 Å². The molecule has 180 valence electrons. The zero-order valence-electron chi connectivity index (χ0n) is 20.0. The van der Waals surface area contributed by atoms with Gasteiger partial charge in [0.15, 0.2) is 0 Å². The van der Waals surface area contributed by atoms with Crippen molar-refractivity contribution in [3.8, 4) is 16.9 Å². The first-order valence-corrected chi connectivity index (χ1v) is 12.2. The molecule has 0 radical (unpaired) electrons. The number of piperidine rings is 1. The van der Waals surface area contributed by atoms with E-state index in [1.54, 1.807) is 12.1 Å². The molecule has 2 heterocycles. The van der Waals surface area contributed by atoms with E-state index in [1.807, 2.05) is 66.7 Å². The summed E-state index contributed by atoms with van der Waals surface area (Å²) in [5.74, 6) is 0.374. The van der Waals surface area contributed by atoms with Gasteiger partial charge in [0, 0.05) is 30.6 Å². The number of rotatable bonds is 5. The molecule has 2 aliphatic heterocycles. The quantitative estimate of drug-likeness (QED) is 0.588. The third-order valence-electron chi connectivity index (χ3n) is 7.09. The number of nitrogens with one attached hydrogen (secondary N) is 2. The van der Waals surface area contributed by atoms with Crippen molar-refractivity contribution >= 4 is 11.8 Å². The van der Waals surface area contributed by atoms with Gasteiger partial charge in [-0.05, 0) is 49.2 Å². The van der Waals surface area contributed by atoms with Crippen LogP contribution in [0.2, 0.25) is 0 Å². The van der Waals surface area contributed by atoms with E-state index in [2.05, 4.69) is 22.6 Å². The maximum absolute atomic E-state index is 12.8. The number of amides is 2. The summed E-state index contributed by atoms with van der Waals surface area (Å²) in [5, 5.41) is 5.91. The van der Waals surface area contributed by atoms with Gasteiger partial charge in [0.05, 0.1) is 12.6 Å². The monoisotopic (exact) mass is 469 g/mol. The van der Waals surface area contributed by atoms with E-state index in [-0.39, 0.29) is 30.0 Å². The highest BCUT2D eigenvalue weighted by Crippen LogP contribution is 2.44. The highest BCUT2D eigenvalue weighted by Gasteiger charge is 2.43. The highest BCUT2D eigenvalue weighted by molar-refractivity contribution is 5.96. The molecule has 2 amide bonds. The van der Waals surface area contributed by atoms with Gasteiger partial charge >= 0.3 is 0 Å². The molecule has 1 fully saturated rings. The molecule has 0 aliphatic carbocycles. The lowest BCUT2D eigenvalue weighted by molar-refractivity contribution is -0.121. The minimum atomic E-state index is -0.265. The van der Waals surface area contributed by atoms with Crippen molar-refractivity contribution in [2.75, 3.05) is 26.7 Å². The van der Waals surface area contributed by atoms with E-state index in [4.69, 9.17) is 4.74 Å². The molecule has 1 saturated heterocycles. The molecule has 35 heavy (non-hydrogen) atoms. The molecular weight excluding hydrogens is 438 g/mol. The van der Waals surface area contributed by atoms with Crippen LogP contribution < -0.4 is 15.4 Å². The van der Waals surface area contributed by atoms with E-state index >= 15 is 0 Å². The third-order valence-corrected chi connectivity index (χ3v) is 7.09. The minimum Gasteiger partial charge on any atom is -0.487 e. The summed E-state index contributed by atoms with van der Waals surface area (Å²) >= 11 is 0. The van der Waals surface area contributed by atoms with Gasteiger partial charge in [0.25, 0.3) is 5.91 Å². The molecular formula is C29H31N3O3. The summed E-state index contributed by atoms with van der Waals surface area (Å²) < 4.78 is 6.47. The predicted molar refractivity (Wildman–Crippen MR) is 136 cm³/mol. The Labute approximate surface area is 206 Å². The number of ether oxygens (including phenoxy) is 1. The van der Waals surface area contributed by atoms with Gasteiger partial charge in [-0.15, -0.1) is 0 Å². The normalized spacial score (nSPS) is 18.8. The van der Waals surface area contributed by atoms with Crippen molar-refractivity contribution in [3.05, 3.63) is 90.0 Å². The van der Waals surface area contributed by atoms with E-state index in [0.717, 1.165) is 54.8 Å². The van der Waals surface area contributed by atoms with Crippen molar-refractivity contribution < 1.29 is 14.3 Å². The van der Waals surface area contributed by atoms with Crippen molar-refractivity contribution in [2.24, 2.45) is 0 Å². The zero-order chi connectivity index (χ0) is 24.3. The molecule has 1 spiro atoms. The van der Waals surface area contributed by atoms with Crippen LogP contribution in [-0.4, -0.2) is 49.0 Å². The molecule has 0 aromatic heterocycles. The summed E-state index contributed by atoms with van der Waals surface area (Å²) in [6, 6.07) is 25.2. The third kappa shape index (κ3) is 5.23. The van der Waals surface area contributed by atoms with E-state index in [9.17, 15) is 9.59 Å². The maximum atomic E-state index is 12.8. The molecule has 1 unspecified atom stereocenters. The van der Waals surface area contributed by atoms with Gasteiger partial charge in [-0.25, -0.2) is 0 Å². The fourth-order valence-electron chi connectivity index (χ4n) is 5.03. The lowest BCUT2D eigenvalue weighted by Gasteiger charge is -2.46. The summed E-state index contributed by atoms with van der Waals surface area (Å²) in [5.41, 5.74) is 3.40. The molecule has 0 bridgehead atoms. The Balaban J connectivity index is 1.21. The van der Waals surface area contributed by atoms with Gasteiger partial charge in [0.2, 0.25) is 5.91 Å². The Bertz CT molecular complexity index is 1190. The van der Waals surface area contributed by atoms with Crippen LogP contribution in [0.3, 0.4) is 0 Å². The number of para-hydroxylation sites is 1. The first kappa shape index (κ1) is 23.1. The second kappa shape index (κ2) is 9.92. The standard InChI is InChI=1S/C29H31N3O3/c1-32-17-15-29(16-18-32)19-25(24-9-5-6-10-26(24)35-29)31-27(33)20-30-28(34)23-13-11-22(12-14-23)21-7-3-2-4-8-21/h2-14,25H,15-20H2,1H3,(H,30,34)(H,31,33). The molecule has 5 rings (SSSR count). The average Bonchev–Trinajstić information content (AvgIpc) is 2.90. The second-order valence-electron chi connectivity index (χ2n) is 9.58. The van der Waals surface area contributed by atoms with Crippen LogP contribution in [0.25, 0.3) is 11.1 Å². The number of hydrogen-bond donors (Lipinski definition) is 2. The largest absolute Gasteiger partial charge is 0.487 e. The van der Waals surface area contributed by atoms with Gasteiger partial charge in [0.1, 0.15) is 11.4 Å². The molecule has 1 atom stereocenters. The van der Waals surface area contributed by atoms with Gasteiger partial charge in [-0.1, -0.05) is 60.7 Å². The lowest BCUT2D eigenvalue weighted by atomic mass is 9.80. The number of benzene rings is 3. The number of likely N-dealkylation sites (tertiary alicyclic amines) is 1. The van der Waals surface area contributed by atoms with Crippen molar-refractivity contribution in [3.63, 3.8) is 0 Å². The van der Waals surface area contributed by atoms with Gasteiger partial charge in [-0.2, -0.15) is 0 Å². The topological polar surface area (TPSA) is 70.7 Å². The van der Waals surface area contributed by atoms with Gasteiger partial charge in [-0.3, -0.25) is 9.59 Å². The predicted octanol–water partition coefficient (Wildman–Crippen LogP) is 4.19. The van der Waals surface area contributed by atoms with Crippen molar-refractivity contribution in [1.29, 1.82) is 0 Å². The Morgan fingerprint density at radius 3 is 2.31 bits per heavy atom. The first-order valence-electron chi connectivity index (χ1n) is 12.2. The first-order chi connectivity index (χ1) is 17.0. The maximum Gasteiger partial charge on any atom is 0.251 e. The number of hydrogen-bond acceptors (Lipinski definition) is 4. The lowest BCUT2D eigenvalue weighted by Crippen LogP contribution is -2.52. The molecule has 3 aromatic carbocycles. The van der Waals surface area contributed by atoms with Crippen LogP contribution in [0.4, 0.5) is 0 Å². The molecule has 6 nitrogen and oxygen atoms in total. The average molecular weight is 470 g/mol. The molecule has 2 N–H and O–H groups in total. The van der Waals surface area contributed by atoms with E-state index < -0.39 is 0 Å². The number of nitrogens with zero attached hydrogens (tertiary/aromatic N) is 1. The van der Waals surface area contributed by atoms with E-state index in [0.29, 0.717) is 5.56 Å². The molecule has 3 aromatic rings. The SMILES string of the molecule is CN1CCC2(CC1)CC(NC(=O)CNC(=O)c1ccc(-c3ccccc3)cc1)c1ccccc1O2. The molecule has 2 aliphatic rings. The molecule has 6 heteroatoms. The van der Waals surface area contributed by atoms with Crippen molar-refractivity contribution in [1.82, 2.24) is 15.5 Å². The van der Waals surface area contributed by atoms with Crippen LogP contribution in [0.1, 0.15) is 41.2 Å². The molecule has 0 saturated carbocycles. The fraction of sp³-hybridized carbons (Fsp3) is 0.310. The minimum absolute atomic E-state index is 0.0749. The van der Waals surface area contributed by atoms with Crippen LogP contribution in [-0.2, 0) is 4.79 Å². The van der Waals surface area contributed by atoms with Crippen LogP contribution >= 0.6 is 0 Å². The van der Waals surface area contributed by atoms with Crippen LogP contribution in [0.5, 0.6) is 5.75 Å². The summed E-state index contributed by atoms with van der Waals surface area (Å²) in [6.07, 6.45) is 2.60.